The van der Waals surface area contributed by atoms with Crippen molar-refractivity contribution in [3.63, 3.8) is 0 Å². The van der Waals surface area contributed by atoms with E-state index in [-0.39, 0.29) is 0 Å². The molecule has 1 atom stereocenters. The highest BCUT2D eigenvalue weighted by molar-refractivity contribution is 9.09. The molecule has 1 nitrogen and oxygen atoms in total. The Morgan fingerprint density at radius 1 is 1.40 bits per heavy atom. The van der Waals surface area contributed by atoms with Crippen LogP contribution in [0.25, 0.3) is 0 Å². The summed E-state index contributed by atoms with van der Waals surface area (Å²) in [7, 11) is 0. The van der Waals surface area contributed by atoms with Gasteiger partial charge in [0.25, 0.3) is 0 Å². The van der Waals surface area contributed by atoms with Crippen LogP contribution < -0.4 is 5.32 Å². The summed E-state index contributed by atoms with van der Waals surface area (Å²) in [6.45, 7) is 6.72. The van der Waals surface area contributed by atoms with Crippen LogP contribution in [0.3, 0.4) is 0 Å². The van der Waals surface area contributed by atoms with E-state index in [4.69, 9.17) is 0 Å². The van der Waals surface area contributed by atoms with Gasteiger partial charge in [-0.05, 0) is 32.4 Å². The quantitative estimate of drug-likeness (QED) is 0.522. The molecule has 0 aromatic rings. The number of hydrogen-bond donors (Lipinski definition) is 1. The molecule has 0 rings (SSSR count). The molecule has 0 aromatic heterocycles. The lowest BCUT2D eigenvalue weighted by molar-refractivity contribution is 0.618. The zero-order chi connectivity index (χ0) is 7.82. The number of hydrogen-bond acceptors (Lipinski definition) is 1. The van der Waals surface area contributed by atoms with Crippen molar-refractivity contribution in [3.05, 3.63) is 0 Å². The van der Waals surface area contributed by atoms with Gasteiger partial charge in [0.2, 0.25) is 0 Å². The predicted molar refractivity (Wildman–Crippen MR) is 50.8 cm³/mol. The molecule has 2 heteroatoms. The van der Waals surface area contributed by atoms with Gasteiger partial charge in [0, 0.05) is 4.83 Å². The van der Waals surface area contributed by atoms with E-state index in [0.29, 0.717) is 4.83 Å². The Morgan fingerprint density at radius 3 is 2.60 bits per heavy atom. The molecule has 0 aliphatic carbocycles. The number of halogens is 1. The Bertz CT molecular complexity index is 64.3. The van der Waals surface area contributed by atoms with Gasteiger partial charge < -0.3 is 5.32 Å². The molecule has 0 saturated heterocycles. The van der Waals surface area contributed by atoms with Crippen LogP contribution in [0.4, 0.5) is 0 Å². The molecule has 10 heavy (non-hydrogen) atoms. The van der Waals surface area contributed by atoms with E-state index in [1.807, 2.05) is 0 Å². The Morgan fingerprint density at radius 2 is 2.10 bits per heavy atom. The summed E-state index contributed by atoms with van der Waals surface area (Å²) in [5, 5.41) is 3.37. The zero-order valence-electron chi connectivity index (χ0n) is 6.99. The molecule has 62 valence electrons. The molecule has 1 N–H and O–H groups in total. The SMILES string of the molecule is CCCNCCCC(C)Br. The first-order valence-corrected chi connectivity index (χ1v) is 5.03. The highest BCUT2D eigenvalue weighted by Gasteiger charge is 1.93. The summed E-state index contributed by atoms with van der Waals surface area (Å²) in [6.07, 6.45) is 3.80. The van der Waals surface area contributed by atoms with Crippen LogP contribution in [0.5, 0.6) is 0 Å². The summed E-state index contributed by atoms with van der Waals surface area (Å²) in [5.41, 5.74) is 0. The summed E-state index contributed by atoms with van der Waals surface area (Å²) < 4.78 is 0. The van der Waals surface area contributed by atoms with E-state index in [1.165, 1.54) is 25.8 Å². The molecular weight excluding hydrogens is 190 g/mol. The lowest BCUT2D eigenvalue weighted by atomic mass is 10.2. The number of rotatable bonds is 6. The fraction of sp³-hybridized carbons (Fsp3) is 1.00. The largest absolute Gasteiger partial charge is 0.317 e. The summed E-state index contributed by atoms with van der Waals surface area (Å²) in [5.74, 6) is 0. The van der Waals surface area contributed by atoms with Gasteiger partial charge in [0.15, 0.2) is 0 Å². The van der Waals surface area contributed by atoms with E-state index in [9.17, 15) is 0 Å². The first-order valence-electron chi connectivity index (χ1n) is 4.12. The van der Waals surface area contributed by atoms with Gasteiger partial charge in [0.1, 0.15) is 0 Å². The van der Waals surface area contributed by atoms with Crippen molar-refractivity contribution in [2.24, 2.45) is 0 Å². The van der Waals surface area contributed by atoms with Crippen molar-refractivity contribution < 1.29 is 0 Å². The van der Waals surface area contributed by atoms with Gasteiger partial charge in [-0.1, -0.05) is 29.8 Å². The van der Waals surface area contributed by atoms with Crippen LogP contribution in [0, 0.1) is 0 Å². The number of alkyl halides is 1. The summed E-state index contributed by atoms with van der Waals surface area (Å²) >= 11 is 3.52. The lowest BCUT2D eigenvalue weighted by Crippen LogP contribution is -2.16. The second-order valence-corrected chi connectivity index (χ2v) is 4.24. The van der Waals surface area contributed by atoms with Gasteiger partial charge in [-0.25, -0.2) is 0 Å². The minimum atomic E-state index is 0.677. The second kappa shape index (κ2) is 7.55. The third kappa shape index (κ3) is 8.44. The Hall–Kier alpha value is 0.440. The third-order valence-corrected chi connectivity index (χ3v) is 1.84. The van der Waals surface area contributed by atoms with Crippen LogP contribution >= 0.6 is 15.9 Å². The van der Waals surface area contributed by atoms with Crippen molar-refractivity contribution >= 4 is 15.9 Å². The molecular formula is C8H18BrN. The minimum Gasteiger partial charge on any atom is -0.317 e. The summed E-state index contributed by atoms with van der Waals surface area (Å²) in [6, 6.07) is 0. The normalized spacial score (nSPS) is 13.5. The smallest absolute Gasteiger partial charge is 0.0118 e. The van der Waals surface area contributed by atoms with E-state index in [2.05, 4.69) is 35.1 Å². The topological polar surface area (TPSA) is 12.0 Å². The van der Waals surface area contributed by atoms with Crippen molar-refractivity contribution in [1.29, 1.82) is 0 Å². The third-order valence-electron chi connectivity index (χ3n) is 1.38. The Labute approximate surface area is 72.7 Å². The standard InChI is InChI=1S/C8H18BrN/c1-3-6-10-7-4-5-8(2)9/h8,10H,3-7H2,1-2H3. The molecule has 0 spiro atoms. The van der Waals surface area contributed by atoms with Crippen molar-refractivity contribution in [2.75, 3.05) is 13.1 Å². The van der Waals surface area contributed by atoms with Gasteiger partial charge in [-0.15, -0.1) is 0 Å². The fourth-order valence-electron chi connectivity index (χ4n) is 0.810. The maximum atomic E-state index is 3.52. The van der Waals surface area contributed by atoms with Crippen molar-refractivity contribution in [3.8, 4) is 0 Å². The molecule has 0 heterocycles. The molecule has 0 radical (unpaired) electrons. The van der Waals surface area contributed by atoms with Gasteiger partial charge in [0.05, 0.1) is 0 Å². The maximum absolute atomic E-state index is 3.52. The van der Waals surface area contributed by atoms with Gasteiger partial charge in [-0.2, -0.15) is 0 Å². The van der Waals surface area contributed by atoms with E-state index >= 15 is 0 Å². The van der Waals surface area contributed by atoms with Crippen LogP contribution in [-0.4, -0.2) is 17.9 Å². The molecule has 0 aliphatic rings. The van der Waals surface area contributed by atoms with Crippen LogP contribution in [-0.2, 0) is 0 Å². The molecule has 0 fully saturated rings. The monoisotopic (exact) mass is 207 g/mol. The highest BCUT2D eigenvalue weighted by Crippen LogP contribution is 2.04. The maximum Gasteiger partial charge on any atom is 0.0118 e. The number of nitrogens with one attached hydrogen (secondary N) is 1. The van der Waals surface area contributed by atoms with Gasteiger partial charge in [-0.3, -0.25) is 0 Å². The van der Waals surface area contributed by atoms with Crippen LogP contribution in [0.15, 0.2) is 0 Å². The zero-order valence-corrected chi connectivity index (χ0v) is 8.58. The molecule has 1 unspecified atom stereocenters. The molecule has 0 bridgehead atoms. The Kier molecular flexibility index (Phi) is 7.88. The predicted octanol–water partition coefficient (Wildman–Crippen LogP) is 2.55. The first kappa shape index (κ1) is 10.4. The Balaban J connectivity index is 2.77. The summed E-state index contributed by atoms with van der Waals surface area (Å²) in [4.78, 5) is 0.677. The van der Waals surface area contributed by atoms with E-state index < -0.39 is 0 Å². The molecule has 0 aromatic carbocycles. The van der Waals surface area contributed by atoms with Crippen molar-refractivity contribution in [1.82, 2.24) is 5.32 Å². The van der Waals surface area contributed by atoms with Crippen LogP contribution in [0.1, 0.15) is 33.1 Å². The average Bonchev–Trinajstić information content (AvgIpc) is 1.87. The van der Waals surface area contributed by atoms with E-state index in [0.717, 1.165) is 6.54 Å². The molecule has 0 amide bonds. The molecule has 0 saturated carbocycles. The highest BCUT2D eigenvalue weighted by atomic mass is 79.9. The van der Waals surface area contributed by atoms with E-state index in [1.54, 1.807) is 0 Å². The minimum absolute atomic E-state index is 0.677. The van der Waals surface area contributed by atoms with Crippen LogP contribution in [0.2, 0.25) is 0 Å². The fourth-order valence-corrected chi connectivity index (χ4v) is 1.13. The first-order chi connectivity index (χ1) is 4.77. The van der Waals surface area contributed by atoms with Crippen molar-refractivity contribution in [2.45, 2.75) is 37.9 Å². The second-order valence-electron chi connectivity index (χ2n) is 2.67. The molecule has 0 aliphatic heterocycles. The van der Waals surface area contributed by atoms with Gasteiger partial charge >= 0.3 is 0 Å². The average molecular weight is 208 g/mol. The lowest BCUT2D eigenvalue weighted by Gasteiger charge is -2.03.